The van der Waals surface area contributed by atoms with Gasteiger partial charge in [-0.3, -0.25) is 9.69 Å². The van der Waals surface area contributed by atoms with Crippen molar-refractivity contribution in [2.75, 3.05) is 24.9 Å². The zero-order valence-corrected chi connectivity index (χ0v) is 18.9. The van der Waals surface area contributed by atoms with E-state index in [1.54, 1.807) is 19.1 Å². The van der Waals surface area contributed by atoms with Gasteiger partial charge in [0.25, 0.3) is 0 Å². The third-order valence-corrected chi connectivity index (χ3v) is 6.81. The molecule has 1 amide bonds. The summed E-state index contributed by atoms with van der Waals surface area (Å²) in [4.78, 5) is 20.9. The van der Waals surface area contributed by atoms with Gasteiger partial charge in [0.2, 0.25) is 5.91 Å². The largest absolute Gasteiger partial charge is 0.495 e. The number of nitrogens with zero attached hydrogens (tertiary/aromatic N) is 2. The van der Waals surface area contributed by atoms with Crippen molar-refractivity contribution in [2.24, 2.45) is 0 Å². The first-order valence-corrected chi connectivity index (χ1v) is 11.5. The van der Waals surface area contributed by atoms with Crippen LogP contribution in [0.4, 0.5) is 5.13 Å². The molecular formula is C24H22N2O3S2. The number of thioether (sulfide) groups is 1. The highest BCUT2D eigenvalue weighted by Gasteiger charge is 2.23. The van der Waals surface area contributed by atoms with Gasteiger partial charge in [0.05, 0.1) is 26.5 Å². The molecule has 31 heavy (non-hydrogen) atoms. The summed E-state index contributed by atoms with van der Waals surface area (Å²) in [5, 5.41) is 0.625. The van der Waals surface area contributed by atoms with Gasteiger partial charge in [0, 0.05) is 4.90 Å². The average Bonchev–Trinajstić information content (AvgIpc) is 3.27. The fourth-order valence-electron chi connectivity index (χ4n) is 3.16. The molecule has 3 aromatic carbocycles. The van der Waals surface area contributed by atoms with Crippen LogP contribution >= 0.6 is 23.1 Å². The highest BCUT2D eigenvalue weighted by atomic mass is 32.2. The van der Waals surface area contributed by atoms with Crippen LogP contribution in [0.1, 0.15) is 5.56 Å². The first-order valence-electron chi connectivity index (χ1n) is 9.73. The van der Waals surface area contributed by atoms with Gasteiger partial charge in [0.15, 0.2) is 5.13 Å². The van der Waals surface area contributed by atoms with Gasteiger partial charge in [-0.1, -0.05) is 59.9 Å². The second kappa shape index (κ2) is 9.85. The quantitative estimate of drug-likeness (QED) is 0.325. The molecule has 0 aliphatic rings. The highest BCUT2D eigenvalue weighted by Crippen LogP contribution is 2.40. The Balaban J connectivity index is 1.69. The first kappa shape index (κ1) is 21.2. The Morgan fingerprint density at radius 1 is 0.935 bits per heavy atom. The number of carbonyl (C=O) groups is 1. The van der Waals surface area contributed by atoms with Crippen LogP contribution in [0.15, 0.2) is 77.7 Å². The molecule has 0 unspecified atom stereocenters. The molecule has 7 heteroatoms. The van der Waals surface area contributed by atoms with Gasteiger partial charge < -0.3 is 9.47 Å². The lowest BCUT2D eigenvalue weighted by Gasteiger charge is -2.20. The molecule has 1 heterocycles. The van der Waals surface area contributed by atoms with E-state index in [2.05, 4.69) is 0 Å². The van der Waals surface area contributed by atoms with E-state index >= 15 is 0 Å². The number of hydrogen-bond donors (Lipinski definition) is 0. The van der Waals surface area contributed by atoms with Crippen LogP contribution in [0.25, 0.3) is 10.2 Å². The number of anilines is 1. The molecular weight excluding hydrogens is 428 g/mol. The molecule has 0 radical (unpaired) electrons. The summed E-state index contributed by atoms with van der Waals surface area (Å²) in [6.07, 6.45) is 0. The Hall–Kier alpha value is -3.03. The number of amides is 1. The van der Waals surface area contributed by atoms with Crippen LogP contribution < -0.4 is 14.4 Å². The van der Waals surface area contributed by atoms with Crippen LogP contribution in [0.5, 0.6) is 11.5 Å². The molecule has 158 valence electrons. The van der Waals surface area contributed by atoms with Crippen molar-refractivity contribution < 1.29 is 14.3 Å². The van der Waals surface area contributed by atoms with Gasteiger partial charge in [-0.2, -0.15) is 0 Å². The maximum atomic E-state index is 13.3. The van der Waals surface area contributed by atoms with Crippen molar-refractivity contribution in [3.8, 4) is 11.5 Å². The SMILES string of the molecule is COc1ccc(OC)c2sc(N(Cc3ccccc3)C(=O)CSc3ccccc3)nc12. The molecule has 0 N–H and O–H groups in total. The van der Waals surface area contributed by atoms with E-state index in [0.29, 0.717) is 34.4 Å². The number of fused-ring (bicyclic) bond motifs is 1. The predicted octanol–water partition coefficient (Wildman–Crippen LogP) is 5.64. The highest BCUT2D eigenvalue weighted by molar-refractivity contribution is 8.00. The summed E-state index contributed by atoms with van der Waals surface area (Å²) in [7, 11) is 3.24. The van der Waals surface area contributed by atoms with Crippen LogP contribution in [0.2, 0.25) is 0 Å². The molecule has 1 aromatic heterocycles. The number of hydrogen-bond acceptors (Lipinski definition) is 6. The Morgan fingerprint density at radius 3 is 2.26 bits per heavy atom. The second-order valence-corrected chi connectivity index (χ2v) is 8.74. The van der Waals surface area contributed by atoms with Crippen molar-refractivity contribution >= 4 is 44.4 Å². The lowest BCUT2D eigenvalue weighted by Crippen LogP contribution is -2.31. The molecule has 0 spiro atoms. The molecule has 0 aliphatic carbocycles. The molecule has 0 saturated heterocycles. The van der Waals surface area contributed by atoms with Crippen LogP contribution in [0.3, 0.4) is 0 Å². The minimum absolute atomic E-state index is 0.00491. The number of carbonyl (C=O) groups excluding carboxylic acids is 1. The van der Waals surface area contributed by atoms with Crippen LogP contribution in [-0.4, -0.2) is 30.9 Å². The van der Waals surface area contributed by atoms with Gasteiger partial charge in [-0.25, -0.2) is 4.98 Å². The fourth-order valence-corrected chi connectivity index (χ4v) is 5.04. The minimum atomic E-state index is -0.00491. The Morgan fingerprint density at radius 2 is 1.58 bits per heavy atom. The van der Waals surface area contributed by atoms with Crippen molar-refractivity contribution in [3.05, 3.63) is 78.4 Å². The van der Waals surface area contributed by atoms with E-state index in [1.165, 1.54) is 23.1 Å². The number of ether oxygens (including phenoxy) is 2. The Kier molecular flexibility index (Phi) is 6.74. The van der Waals surface area contributed by atoms with E-state index < -0.39 is 0 Å². The molecule has 0 aliphatic heterocycles. The van der Waals surface area contributed by atoms with Gasteiger partial charge in [0.1, 0.15) is 21.7 Å². The number of benzene rings is 3. The van der Waals surface area contributed by atoms with Crippen LogP contribution in [0, 0.1) is 0 Å². The normalized spacial score (nSPS) is 10.8. The first-order chi connectivity index (χ1) is 15.2. The number of aromatic nitrogens is 1. The van der Waals surface area contributed by atoms with Gasteiger partial charge >= 0.3 is 0 Å². The molecule has 0 saturated carbocycles. The van der Waals surface area contributed by atoms with Crippen molar-refractivity contribution in [3.63, 3.8) is 0 Å². The smallest absolute Gasteiger partial charge is 0.239 e. The van der Waals surface area contributed by atoms with Gasteiger partial charge in [-0.05, 0) is 29.8 Å². The molecule has 0 fully saturated rings. The molecule has 5 nitrogen and oxygen atoms in total. The molecule has 0 bridgehead atoms. The maximum absolute atomic E-state index is 13.3. The number of thiazole rings is 1. The summed E-state index contributed by atoms with van der Waals surface area (Å²) in [5.74, 6) is 1.69. The summed E-state index contributed by atoms with van der Waals surface area (Å²) >= 11 is 2.96. The fraction of sp³-hybridized carbons (Fsp3) is 0.167. The van der Waals surface area contributed by atoms with E-state index in [9.17, 15) is 4.79 Å². The van der Waals surface area contributed by atoms with Crippen LogP contribution in [-0.2, 0) is 11.3 Å². The predicted molar refractivity (Wildman–Crippen MR) is 128 cm³/mol. The van der Waals surface area contributed by atoms with E-state index in [1.807, 2.05) is 72.8 Å². The third-order valence-electron chi connectivity index (χ3n) is 4.72. The Bertz CT molecular complexity index is 1120. The van der Waals surface area contributed by atoms with Crippen molar-refractivity contribution in [1.82, 2.24) is 4.98 Å². The lowest BCUT2D eigenvalue weighted by atomic mass is 10.2. The summed E-state index contributed by atoms with van der Waals surface area (Å²) in [5.41, 5.74) is 1.74. The standard InChI is InChI=1S/C24H22N2O3S2/c1-28-19-13-14-20(29-2)23-22(19)25-24(31-23)26(15-17-9-5-3-6-10-17)21(27)16-30-18-11-7-4-8-12-18/h3-14H,15-16H2,1-2H3. The maximum Gasteiger partial charge on any atom is 0.239 e. The lowest BCUT2D eigenvalue weighted by molar-refractivity contribution is -0.116. The Labute approximate surface area is 189 Å². The summed E-state index contributed by atoms with van der Waals surface area (Å²) < 4.78 is 11.9. The summed E-state index contributed by atoms with van der Waals surface area (Å²) in [6.45, 7) is 0.444. The van der Waals surface area contributed by atoms with Crippen molar-refractivity contribution in [1.29, 1.82) is 0 Å². The molecule has 0 atom stereocenters. The number of methoxy groups -OCH3 is 2. The van der Waals surface area contributed by atoms with Gasteiger partial charge in [-0.15, -0.1) is 11.8 Å². The van der Waals surface area contributed by atoms with Crippen molar-refractivity contribution in [2.45, 2.75) is 11.4 Å². The monoisotopic (exact) mass is 450 g/mol. The molecule has 4 rings (SSSR count). The second-order valence-electron chi connectivity index (χ2n) is 6.71. The zero-order chi connectivity index (χ0) is 21.6. The summed E-state index contributed by atoms with van der Waals surface area (Å²) in [6, 6.07) is 23.6. The van der Waals surface area contributed by atoms with E-state index in [4.69, 9.17) is 14.5 Å². The van der Waals surface area contributed by atoms with E-state index in [0.717, 1.165) is 15.2 Å². The topological polar surface area (TPSA) is 51.7 Å². The zero-order valence-electron chi connectivity index (χ0n) is 17.3. The molecule has 4 aromatic rings. The third kappa shape index (κ3) is 4.84. The number of rotatable bonds is 8. The average molecular weight is 451 g/mol. The minimum Gasteiger partial charge on any atom is -0.495 e. The van der Waals surface area contributed by atoms with E-state index in [-0.39, 0.29) is 5.91 Å².